The lowest BCUT2D eigenvalue weighted by molar-refractivity contribution is 0.0741. The first kappa shape index (κ1) is 19.2. The van der Waals surface area contributed by atoms with Crippen LogP contribution in [0, 0.1) is 18.6 Å². The topological polar surface area (TPSA) is 92.3 Å². The summed E-state index contributed by atoms with van der Waals surface area (Å²) in [5.74, 6) is -2.39. The van der Waals surface area contributed by atoms with Gasteiger partial charge in [-0.1, -0.05) is 0 Å². The van der Waals surface area contributed by atoms with Crippen LogP contribution in [-0.2, 0) is 9.84 Å². The number of anilines is 2. The zero-order valence-corrected chi connectivity index (χ0v) is 15.6. The maximum atomic E-state index is 13.3. The molecule has 1 atom stereocenters. The van der Waals surface area contributed by atoms with Crippen LogP contribution < -0.4 is 5.32 Å². The highest BCUT2D eigenvalue weighted by atomic mass is 32.2. The standard InChI is InChI=1S/C17H18F2N4O3S/c1-10-7-15(16(24)23(2)12-5-6-27(25,26)9-12)22-17(20-10)21-11-3-4-13(18)14(19)8-11/h3-4,7-8,12H,5-6,9H2,1-2H3,(H,20,21,22). The van der Waals surface area contributed by atoms with Crippen molar-refractivity contribution in [1.82, 2.24) is 14.9 Å². The Kier molecular flexibility index (Phi) is 5.09. The predicted octanol–water partition coefficient (Wildman–Crippen LogP) is 2.07. The molecule has 1 amide bonds. The molecule has 0 spiro atoms. The first-order chi connectivity index (χ1) is 12.6. The third-order valence-electron chi connectivity index (χ3n) is 4.33. The largest absolute Gasteiger partial charge is 0.336 e. The maximum absolute atomic E-state index is 13.3. The Morgan fingerprint density at radius 1 is 1.22 bits per heavy atom. The molecule has 144 valence electrons. The number of nitrogens with one attached hydrogen (secondary N) is 1. The van der Waals surface area contributed by atoms with Crippen LogP contribution >= 0.6 is 0 Å². The number of nitrogens with zero attached hydrogens (tertiary/aromatic N) is 3. The molecule has 7 nitrogen and oxygen atoms in total. The number of sulfone groups is 1. The van der Waals surface area contributed by atoms with E-state index in [-0.39, 0.29) is 28.8 Å². The molecule has 0 aliphatic carbocycles. The number of rotatable bonds is 4. The average Bonchev–Trinajstić information content (AvgIpc) is 2.96. The highest BCUT2D eigenvalue weighted by Gasteiger charge is 2.33. The zero-order valence-electron chi connectivity index (χ0n) is 14.7. The van der Waals surface area contributed by atoms with Crippen LogP contribution in [0.3, 0.4) is 0 Å². The van der Waals surface area contributed by atoms with Crippen molar-refractivity contribution in [3.8, 4) is 0 Å². The molecule has 1 aliphatic rings. The minimum Gasteiger partial charge on any atom is -0.336 e. The summed E-state index contributed by atoms with van der Waals surface area (Å²) in [5, 5.41) is 2.73. The van der Waals surface area contributed by atoms with E-state index < -0.39 is 33.4 Å². The summed E-state index contributed by atoms with van der Waals surface area (Å²) in [6, 6.07) is 4.33. The molecule has 1 fully saturated rings. The summed E-state index contributed by atoms with van der Waals surface area (Å²) in [4.78, 5) is 22.3. The lowest BCUT2D eigenvalue weighted by Crippen LogP contribution is -2.38. The predicted molar refractivity (Wildman–Crippen MR) is 95.6 cm³/mol. The summed E-state index contributed by atoms with van der Waals surface area (Å²) in [5.41, 5.74) is 0.804. The normalized spacial score (nSPS) is 18.3. The fourth-order valence-electron chi connectivity index (χ4n) is 2.86. The van der Waals surface area contributed by atoms with Gasteiger partial charge in [0.2, 0.25) is 5.95 Å². The molecule has 1 saturated heterocycles. The molecule has 1 aliphatic heterocycles. The fourth-order valence-corrected chi connectivity index (χ4v) is 4.64. The second-order valence-corrected chi connectivity index (χ2v) is 8.67. The van der Waals surface area contributed by atoms with Crippen molar-refractivity contribution in [2.45, 2.75) is 19.4 Å². The number of hydrogen-bond acceptors (Lipinski definition) is 6. The first-order valence-electron chi connectivity index (χ1n) is 8.20. The van der Waals surface area contributed by atoms with Crippen molar-refractivity contribution >= 4 is 27.4 Å². The van der Waals surface area contributed by atoms with E-state index >= 15 is 0 Å². The number of amides is 1. The average molecular weight is 396 g/mol. The molecule has 10 heteroatoms. The molecule has 1 aromatic carbocycles. The van der Waals surface area contributed by atoms with Gasteiger partial charge in [-0.15, -0.1) is 0 Å². The van der Waals surface area contributed by atoms with Crippen molar-refractivity contribution in [3.63, 3.8) is 0 Å². The Hall–Kier alpha value is -2.62. The van der Waals surface area contributed by atoms with Crippen LogP contribution in [0.2, 0.25) is 0 Å². The molecule has 3 rings (SSSR count). The van der Waals surface area contributed by atoms with Crippen LogP contribution in [0.25, 0.3) is 0 Å². The Balaban J connectivity index is 1.82. The molecule has 27 heavy (non-hydrogen) atoms. The van der Waals surface area contributed by atoms with Gasteiger partial charge in [-0.05, 0) is 31.5 Å². The van der Waals surface area contributed by atoms with Gasteiger partial charge in [-0.25, -0.2) is 27.2 Å². The highest BCUT2D eigenvalue weighted by Crippen LogP contribution is 2.20. The van der Waals surface area contributed by atoms with Crippen molar-refractivity contribution in [2.24, 2.45) is 0 Å². The minimum absolute atomic E-state index is 0.0526. The van der Waals surface area contributed by atoms with Crippen LogP contribution in [0.5, 0.6) is 0 Å². The number of aryl methyl sites for hydroxylation is 1. The monoisotopic (exact) mass is 396 g/mol. The van der Waals surface area contributed by atoms with Gasteiger partial charge in [0.1, 0.15) is 5.69 Å². The second-order valence-electron chi connectivity index (χ2n) is 6.44. The summed E-state index contributed by atoms with van der Waals surface area (Å²) >= 11 is 0. The molecular formula is C17H18F2N4O3S. The van der Waals surface area contributed by atoms with E-state index in [1.807, 2.05) is 0 Å². The van der Waals surface area contributed by atoms with Crippen LogP contribution in [0.4, 0.5) is 20.4 Å². The van der Waals surface area contributed by atoms with E-state index in [2.05, 4.69) is 15.3 Å². The zero-order chi connectivity index (χ0) is 19.8. The molecule has 1 aromatic heterocycles. The first-order valence-corrected chi connectivity index (χ1v) is 10.0. The third kappa shape index (κ3) is 4.38. The van der Waals surface area contributed by atoms with Crippen molar-refractivity contribution in [1.29, 1.82) is 0 Å². The molecule has 2 heterocycles. The summed E-state index contributed by atoms with van der Waals surface area (Å²) in [6.45, 7) is 1.66. The van der Waals surface area contributed by atoms with E-state index in [1.54, 1.807) is 6.92 Å². The van der Waals surface area contributed by atoms with Gasteiger partial charge < -0.3 is 10.2 Å². The Bertz CT molecular complexity index is 998. The molecular weight excluding hydrogens is 378 g/mol. The fraction of sp³-hybridized carbons (Fsp3) is 0.353. The SMILES string of the molecule is Cc1cc(C(=O)N(C)C2CCS(=O)(=O)C2)nc(Nc2ccc(F)c(F)c2)n1. The highest BCUT2D eigenvalue weighted by molar-refractivity contribution is 7.91. The number of halogens is 2. The van der Waals surface area contributed by atoms with Gasteiger partial charge in [-0.2, -0.15) is 0 Å². The van der Waals surface area contributed by atoms with Crippen molar-refractivity contribution in [2.75, 3.05) is 23.9 Å². The summed E-state index contributed by atoms with van der Waals surface area (Å²) in [7, 11) is -1.59. The molecule has 2 aromatic rings. The van der Waals surface area contributed by atoms with E-state index in [9.17, 15) is 22.0 Å². The van der Waals surface area contributed by atoms with Gasteiger partial charge in [0.05, 0.1) is 11.5 Å². The van der Waals surface area contributed by atoms with E-state index in [1.165, 1.54) is 24.1 Å². The van der Waals surface area contributed by atoms with Gasteiger partial charge in [-0.3, -0.25) is 4.79 Å². The van der Waals surface area contributed by atoms with Gasteiger partial charge in [0.25, 0.3) is 5.91 Å². The number of aromatic nitrogens is 2. The van der Waals surface area contributed by atoms with Crippen LogP contribution in [-0.4, -0.2) is 53.8 Å². The number of carbonyl (C=O) groups is 1. The third-order valence-corrected chi connectivity index (χ3v) is 6.08. The molecule has 0 saturated carbocycles. The Morgan fingerprint density at radius 3 is 2.59 bits per heavy atom. The van der Waals surface area contributed by atoms with Crippen molar-refractivity contribution < 1.29 is 22.0 Å². The van der Waals surface area contributed by atoms with Crippen molar-refractivity contribution in [3.05, 3.63) is 47.3 Å². The lowest BCUT2D eigenvalue weighted by Gasteiger charge is -2.23. The Labute approximate surface area is 155 Å². The molecule has 1 N–H and O–H groups in total. The lowest BCUT2D eigenvalue weighted by atomic mass is 10.2. The van der Waals surface area contributed by atoms with E-state index in [0.717, 1.165) is 12.1 Å². The molecule has 0 radical (unpaired) electrons. The Morgan fingerprint density at radius 2 is 1.96 bits per heavy atom. The van der Waals surface area contributed by atoms with E-state index in [0.29, 0.717) is 12.1 Å². The molecule has 1 unspecified atom stereocenters. The number of benzene rings is 1. The molecule has 0 bridgehead atoms. The smallest absolute Gasteiger partial charge is 0.272 e. The summed E-state index contributed by atoms with van der Waals surface area (Å²) < 4.78 is 49.7. The van der Waals surface area contributed by atoms with Crippen LogP contribution in [0.15, 0.2) is 24.3 Å². The van der Waals surface area contributed by atoms with Crippen LogP contribution in [0.1, 0.15) is 22.6 Å². The number of carbonyl (C=O) groups excluding carboxylic acids is 1. The van der Waals surface area contributed by atoms with Gasteiger partial charge >= 0.3 is 0 Å². The van der Waals surface area contributed by atoms with Gasteiger partial charge in [0, 0.05) is 30.5 Å². The quantitative estimate of drug-likeness (QED) is 0.851. The summed E-state index contributed by atoms with van der Waals surface area (Å²) in [6.07, 6.45) is 0.384. The van der Waals surface area contributed by atoms with E-state index in [4.69, 9.17) is 0 Å². The second kappa shape index (κ2) is 7.18. The maximum Gasteiger partial charge on any atom is 0.272 e. The number of hydrogen-bond donors (Lipinski definition) is 1. The minimum atomic E-state index is -3.13. The van der Waals surface area contributed by atoms with Gasteiger partial charge in [0.15, 0.2) is 21.5 Å².